The van der Waals surface area contributed by atoms with Gasteiger partial charge in [-0.3, -0.25) is 0 Å². The zero-order valence-electron chi connectivity index (χ0n) is 12.4. The van der Waals surface area contributed by atoms with E-state index in [2.05, 4.69) is 4.98 Å². The van der Waals surface area contributed by atoms with E-state index < -0.39 is 0 Å². The Morgan fingerprint density at radius 3 is 2.77 bits per heavy atom. The van der Waals surface area contributed by atoms with Crippen molar-refractivity contribution < 1.29 is 10.2 Å². The molecule has 0 radical (unpaired) electrons. The van der Waals surface area contributed by atoms with Crippen LogP contribution in [0.3, 0.4) is 0 Å². The SMILES string of the molecule is CCc1c(O)c(O)n(CCCn2ccnc2)c1-c1cccs1. The summed E-state index contributed by atoms with van der Waals surface area (Å²) < 4.78 is 3.82. The van der Waals surface area contributed by atoms with E-state index >= 15 is 0 Å². The van der Waals surface area contributed by atoms with E-state index in [-0.39, 0.29) is 11.6 Å². The van der Waals surface area contributed by atoms with Crippen LogP contribution in [0.25, 0.3) is 10.6 Å². The van der Waals surface area contributed by atoms with Crippen LogP contribution in [0.1, 0.15) is 18.9 Å². The third-order valence-electron chi connectivity index (χ3n) is 3.77. The first-order valence-corrected chi connectivity index (χ1v) is 8.23. The molecule has 0 bridgehead atoms. The van der Waals surface area contributed by atoms with Gasteiger partial charge in [0.05, 0.1) is 16.9 Å². The summed E-state index contributed by atoms with van der Waals surface area (Å²) in [7, 11) is 0. The molecule has 0 amide bonds. The summed E-state index contributed by atoms with van der Waals surface area (Å²) in [5, 5.41) is 22.5. The summed E-state index contributed by atoms with van der Waals surface area (Å²) in [4.78, 5) is 5.09. The molecule has 0 unspecified atom stereocenters. The van der Waals surface area contributed by atoms with Gasteiger partial charge in [-0.05, 0) is 24.3 Å². The van der Waals surface area contributed by atoms with Crippen molar-refractivity contribution in [2.45, 2.75) is 32.9 Å². The van der Waals surface area contributed by atoms with Crippen LogP contribution in [-0.4, -0.2) is 24.3 Å². The highest BCUT2D eigenvalue weighted by molar-refractivity contribution is 7.13. The first-order chi connectivity index (χ1) is 10.7. The van der Waals surface area contributed by atoms with Crippen LogP contribution >= 0.6 is 11.3 Å². The lowest BCUT2D eigenvalue weighted by molar-refractivity contribution is 0.367. The van der Waals surface area contributed by atoms with Crippen LogP contribution in [0.5, 0.6) is 11.6 Å². The smallest absolute Gasteiger partial charge is 0.235 e. The van der Waals surface area contributed by atoms with Crippen molar-refractivity contribution in [3.63, 3.8) is 0 Å². The summed E-state index contributed by atoms with van der Waals surface area (Å²) in [6.07, 6.45) is 6.99. The van der Waals surface area contributed by atoms with Crippen molar-refractivity contribution in [2.24, 2.45) is 0 Å². The van der Waals surface area contributed by atoms with Gasteiger partial charge in [-0.2, -0.15) is 0 Å². The average Bonchev–Trinajstić information content (AvgIpc) is 3.24. The minimum Gasteiger partial charge on any atom is -0.503 e. The lowest BCUT2D eigenvalue weighted by Gasteiger charge is -2.10. The molecule has 3 aromatic heterocycles. The number of nitrogens with zero attached hydrogens (tertiary/aromatic N) is 3. The zero-order chi connectivity index (χ0) is 15.5. The molecule has 3 aromatic rings. The Labute approximate surface area is 133 Å². The van der Waals surface area contributed by atoms with E-state index in [1.807, 2.05) is 39.8 Å². The minimum atomic E-state index is -0.0362. The van der Waals surface area contributed by atoms with Crippen molar-refractivity contribution >= 4 is 11.3 Å². The van der Waals surface area contributed by atoms with Gasteiger partial charge in [0.2, 0.25) is 5.88 Å². The highest BCUT2D eigenvalue weighted by Gasteiger charge is 2.22. The summed E-state index contributed by atoms with van der Waals surface area (Å²) in [6.45, 7) is 3.45. The Kier molecular flexibility index (Phi) is 4.20. The zero-order valence-corrected chi connectivity index (χ0v) is 13.3. The summed E-state index contributed by atoms with van der Waals surface area (Å²) in [5.74, 6) is -0.0283. The van der Waals surface area contributed by atoms with Crippen LogP contribution in [0.4, 0.5) is 0 Å². The highest BCUT2D eigenvalue weighted by atomic mass is 32.1. The molecule has 0 fully saturated rings. The number of aromatic nitrogens is 3. The third kappa shape index (κ3) is 2.62. The van der Waals surface area contributed by atoms with E-state index in [9.17, 15) is 10.2 Å². The van der Waals surface area contributed by atoms with E-state index in [0.29, 0.717) is 13.0 Å². The van der Waals surface area contributed by atoms with Crippen molar-refractivity contribution in [3.05, 3.63) is 41.8 Å². The molecule has 116 valence electrons. The molecule has 0 aliphatic heterocycles. The molecule has 0 aromatic carbocycles. The minimum absolute atomic E-state index is 0.00790. The summed E-state index contributed by atoms with van der Waals surface area (Å²) >= 11 is 1.61. The molecule has 0 spiro atoms. The maximum atomic E-state index is 10.3. The number of hydrogen-bond acceptors (Lipinski definition) is 4. The number of imidazole rings is 1. The molecule has 0 aliphatic carbocycles. The molecule has 0 saturated carbocycles. The molecule has 0 saturated heterocycles. The molecule has 3 rings (SSSR count). The average molecular weight is 317 g/mol. The molecule has 0 aliphatic rings. The Morgan fingerprint density at radius 2 is 2.14 bits per heavy atom. The Bertz CT molecular complexity index is 730. The van der Waals surface area contributed by atoms with E-state index in [1.165, 1.54) is 0 Å². The largest absolute Gasteiger partial charge is 0.503 e. The van der Waals surface area contributed by atoms with Gasteiger partial charge >= 0.3 is 0 Å². The fourth-order valence-corrected chi connectivity index (χ4v) is 3.53. The van der Waals surface area contributed by atoms with Crippen molar-refractivity contribution in [1.29, 1.82) is 0 Å². The quantitative estimate of drug-likeness (QED) is 0.731. The number of aryl methyl sites for hydroxylation is 1. The molecule has 6 heteroatoms. The molecular weight excluding hydrogens is 298 g/mol. The van der Waals surface area contributed by atoms with Crippen molar-refractivity contribution in [3.8, 4) is 22.2 Å². The van der Waals surface area contributed by atoms with Crippen molar-refractivity contribution in [1.82, 2.24) is 14.1 Å². The van der Waals surface area contributed by atoms with Crippen LogP contribution in [0.15, 0.2) is 36.2 Å². The number of rotatable bonds is 6. The van der Waals surface area contributed by atoms with Crippen LogP contribution in [0, 0.1) is 0 Å². The first kappa shape index (κ1) is 14.7. The number of aromatic hydroxyl groups is 2. The van der Waals surface area contributed by atoms with Gasteiger partial charge in [0.15, 0.2) is 5.75 Å². The van der Waals surface area contributed by atoms with Gasteiger partial charge in [-0.25, -0.2) is 4.98 Å². The number of thiophene rings is 1. The Hall–Kier alpha value is -2.21. The Morgan fingerprint density at radius 1 is 1.27 bits per heavy atom. The molecule has 0 atom stereocenters. The second-order valence-corrected chi connectivity index (χ2v) is 6.08. The van der Waals surface area contributed by atoms with Gasteiger partial charge in [-0.15, -0.1) is 11.3 Å². The molecule has 5 nitrogen and oxygen atoms in total. The van der Waals surface area contributed by atoms with Gasteiger partial charge in [0.1, 0.15) is 0 Å². The lowest BCUT2D eigenvalue weighted by atomic mass is 10.1. The molecule has 3 heterocycles. The first-order valence-electron chi connectivity index (χ1n) is 7.35. The molecule has 2 N–H and O–H groups in total. The fourth-order valence-electron chi connectivity index (χ4n) is 2.72. The van der Waals surface area contributed by atoms with Gasteiger partial charge in [0, 0.05) is 31.0 Å². The monoisotopic (exact) mass is 317 g/mol. The summed E-state index contributed by atoms with van der Waals surface area (Å²) in [5.41, 5.74) is 1.74. The molecule has 22 heavy (non-hydrogen) atoms. The number of hydrogen-bond donors (Lipinski definition) is 2. The molecular formula is C16H19N3O2S. The Balaban J connectivity index is 1.89. The second kappa shape index (κ2) is 6.27. The second-order valence-electron chi connectivity index (χ2n) is 5.14. The van der Waals surface area contributed by atoms with E-state index in [4.69, 9.17) is 0 Å². The van der Waals surface area contributed by atoms with Gasteiger partial charge in [0.25, 0.3) is 0 Å². The topological polar surface area (TPSA) is 63.2 Å². The summed E-state index contributed by atoms with van der Waals surface area (Å²) in [6, 6.07) is 4.00. The van der Waals surface area contributed by atoms with Crippen molar-refractivity contribution in [2.75, 3.05) is 0 Å². The maximum absolute atomic E-state index is 10.3. The van der Waals surface area contributed by atoms with E-state index in [1.54, 1.807) is 23.9 Å². The lowest BCUT2D eigenvalue weighted by Crippen LogP contribution is -2.04. The normalized spacial score (nSPS) is 11.1. The third-order valence-corrected chi connectivity index (χ3v) is 4.65. The van der Waals surface area contributed by atoms with Crippen LogP contribution in [0.2, 0.25) is 0 Å². The predicted molar refractivity (Wildman–Crippen MR) is 87.3 cm³/mol. The standard InChI is InChI=1S/C16H19N3O2S/c1-2-12-14(13-5-3-10-22-13)19(16(21)15(12)20)8-4-7-18-9-6-17-11-18/h3,5-6,9-11,20-21H,2,4,7-8H2,1H3. The highest BCUT2D eigenvalue weighted by Crippen LogP contribution is 2.42. The van der Waals surface area contributed by atoms with Crippen LogP contribution in [-0.2, 0) is 19.5 Å². The van der Waals surface area contributed by atoms with Gasteiger partial charge in [-0.1, -0.05) is 13.0 Å². The van der Waals surface area contributed by atoms with Gasteiger partial charge < -0.3 is 19.3 Å². The van der Waals surface area contributed by atoms with E-state index in [0.717, 1.165) is 29.1 Å². The maximum Gasteiger partial charge on any atom is 0.235 e. The van der Waals surface area contributed by atoms with Crippen LogP contribution < -0.4 is 0 Å². The fraction of sp³-hybridized carbons (Fsp3) is 0.312. The predicted octanol–water partition coefficient (Wildman–Crippen LogP) is 3.48.